The Kier molecular flexibility index (Phi) is 4.96. The Labute approximate surface area is 58.9 Å². The molecule has 1 aromatic rings. The van der Waals surface area contributed by atoms with E-state index < -0.39 is 5.97 Å². The van der Waals surface area contributed by atoms with Gasteiger partial charge in [-0.1, -0.05) is 0 Å². The van der Waals surface area contributed by atoms with Crippen molar-refractivity contribution >= 4 is 5.97 Å². The molecule has 0 fully saturated rings. The normalized spacial score (nSPS) is 7.30. The highest BCUT2D eigenvalue weighted by atomic mass is 16.4. The average Bonchev–Trinajstić information content (AvgIpc) is 1.90. The van der Waals surface area contributed by atoms with E-state index in [9.17, 15) is 0 Å². The minimum atomic E-state index is -1.08. The van der Waals surface area contributed by atoms with Gasteiger partial charge in [-0.3, -0.25) is 0 Å². The maximum atomic E-state index is 8.89. The number of carbonyl (C=O) groups excluding carboxylic acids is 1. The van der Waals surface area contributed by atoms with Crippen molar-refractivity contribution in [2.75, 3.05) is 0 Å². The van der Waals surface area contributed by atoms with Gasteiger partial charge in [-0.25, -0.2) is 4.42 Å². The Hall–Kier alpha value is -1.38. The van der Waals surface area contributed by atoms with Gasteiger partial charge in [-0.05, 0) is 13.0 Å². The van der Waals surface area contributed by atoms with E-state index in [1.165, 1.54) is 0 Å². The molecule has 1 rings (SSSR count). The standard InChI is InChI=1S/C5H5O.C2H4O2/c1-2-4-6-5-3-1;1-2(3)4/h1-5H;1H3,(H,3,4)/q+1;/p-1. The number of carbonyl (C=O) groups is 1. The van der Waals surface area contributed by atoms with Gasteiger partial charge in [-0.15, -0.1) is 0 Å². The molecule has 3 heteroatoms. The summed E-state index contributed by atoms with van der Waals surface area (Å²) in [5.74, 6) is -1.08. The lowest BCUT2D eigenvalue weighted by Gasteiger charge is -1.77. The molecule has 54 valence electrons. The molecule has 1 heterocycles. The summed E-state index contributed by atoms with van der Waals surface area (Å²) in [6, 6.07) is 5.57. The fourth-order valence-electron chi connectivity index (χ4n) is 0.291. The minimum absolute atomic E-state index is 0.972. The minimum Gasteiger partial charge on any atom is -0.550 e. The van der Waals surface area contributed by atoms with Crippen LogP contribution in [0.25, 0.3) is 0 Å². The molecule has 0 amide bonds. The summed E-state index contributed by atoms with van der Waals surface area (Å²) < 4.78 is 4.68. The third-order valence-electron chi connectivity index (χ3n) is 0.536. The highest BCUT2D eigenvalue weighted by molar-refractivity contribution is 5.60. The number of aliphatic carboxylic acids is 1. The molecule has 0 aromatic carbocycles. The summed E-state index contributed by atoms with van der Waals surface area (Å²) in [5, 5.41) is 8.89. The molecular formula is C7H8O3. The Morgan fingerprint density at radius 2 is 1.70 bits per heavy atom. The molecular weight excluding hydrogens is 132 g/mol. The van der Waals surface area contributed by atoms with Crippen LogP contribution in [0.3, 0.4) is 0 Å². The van der Waals surface area contributed by atoms with Crippen LogP contribution < -0.4 is 5.11 Å². The highest BCUT2D eigenvalue weighted by Crippen LogP contribution is 1.79. The van der Waals surface area contributed by atoms with Gasteiger partial charge in [0.15, 0.2) is 0 Å². The quantitative estimate of drug-likeness (QED) is 0.487. The second-order valence-corrected chi connectivity index (χ2v) is 1.48. The monoisotopic (exact) mass is 140 g/mol. The zero-order valence-electron chi connectivity index (χ0n) is 5.61. The van der Waals surface area contributed by atoms with Gasteiger partial charge < -0.3 is 9.90 Å². The first kappa shape index (κ1) is 8.62. The van der Waals surface area contributed by atoms with Crippen molar-refractivity contribution in [3.05, 3.63) is 30.7 Å². The number of rotatable bonds is 0. The summed E-state index contributed by atoms with van der Waals surface area (Å²) in [6.45, 7) is 0.972. The maximum absolute atomic E-state index is 8.89. The smallest absolute Gasteiger partial charge is 0.317 e. The lowest BCUT2D eigenvalue weighted by Crippen LogP contribution is -2.16. The van der Waals surface area contributed by atoms with E-state index in [0.29, 0.717) is 0 Å². The first-order valence-corrected chi connectivity index (χ1v) is 2.71. The van der Waals surface area contributed by atoms with Crippen molar-refractivity contribution in [3.63, 3.8) is 0 Å². The fourth-order valence-corrected chi connectivity index (χ4v) is 0.291. The van der Waals surface area contributed by atoms with Crippen LogP contribution in [0.2, 0.25) is 0 Å². The van der Waals surface area contributed by atoms with E-state index in [0.717, 1.165) is 6.92 Å². The zero-order valence-corrected chi connectivity index (χ0v) is 5.61. The van der Waals surface area contributed by atoms with Crippen LogP contribution >= 0.6 is 0 Å². The third kappa shape index (κ3) is 9.80. The first-order valence-electron chi connectivity index (χ1n) is 2.71. The molecule has 0 N–H and O–H groups in total. The third-order valence-corrected chi connectivity index (χ3v) is 0.536. The van der Waals surface area contributed by atoms with Gasteiger partial charge in [0.05, 0.1) is 0 Å². The van der Waals surface area contributed by atoms with E-state index in [2.05, 4.69) is 4.42 Å². The van der Waals surface area contributed by atoms with Crippen molar-refractivity contribution in [1.29, 1.82) is 0 Å². The molecule has 0 atom stereocenters. The first-order chi connectivity index (χ1) is 4.73. The van der Waals surface area contributed by atoms with E-state index in [1.807, 2.05) is 18.2 Å². The number of hydrogen-bond acceptors (Lipinski definition) is 2. The summed E-state index contributed by atoms with van der Waals surface area (Å²) in [7, 11) is 0. The predicted molar refractivity (Wildman–Crippen MR) is 33.8 cm³/mol. The van der Waals surface area contributed by atoms with Crippen molar-refractivity contribution in [3.8, 4) is 0 Å². The Bertz CT molecular complexity index is 141. The molecule has 0 saturated carbocycles. The Morgan fingerprint density at radius 1 is 1.30 bits per heavy atom. The van der Waals surface area contributed by atoms with Gasteiger partial charge in [0.1, 0.15) is 0 Å². The maximum Gasteiger partial charge on any atom is 0.317 e. The highest BCUT2D eigenvalue weighted by Gasteiger charge is 1.72. The van der Waals surface area contributed by atoms with E-state index in [-0.39, 0.29) is 0 Å². The molecule has 0 saturated heterocycles. The number of hydrogen-bond donors (Lipinski definition) is 0. The summed E-state index contributed by atoms with van der Waals surface area (Å²) >= 11 is 0. The molecule has 0 aliphatic carbocycles. The SMILES string of the molecule is CC(=O)[O-].c1cc[o+]cc1. The van der Waals surface area contributed by atoms with Crippen LogP contribution in [-0.2, 0) is 4.79 Å². The molecule has 10 heavy (non-hydrogen) atoms. The second-order valence-electron chi connectivity index (χ2n) is 1.48. The largest absolute Gasteiger partial charge is 0.550 e. The average molecular weight is 140 g/mol. The van der Waals surface area contributed by atoms with E-state index in [1.54, 1.807) is 12.5 Å². The van der Waals surface area contributed by atoms with Gasteiger partial charge in [-0.2, -0.15) is 0 Å². The molecule has 0 spiro atoms. The zero-order chi connectivity index (χ0) is 7.82. The fraction of sp³-hybridized carbons (Fsp3) is 0.143. The summed E-state index contributed by atoms with van der Waals surface area (Å²) in [6.07, 6.45) is 3.25. The van der Waals surface area contributed by atoms with Gasteiger partial charge in [0.25, 0.3) is 0 Å². The van der Waals surface area contributed by atoms with Gasteiger partial charge in [0.2, 0.25) is 0 Å². The van der Waals surface area contributed by atoms with Gasteiger partial charge >= 0.3 is 12.5 Å². The van der Waals surface area contributed by atoms with Crippen molar-refractivity contribution < 1.29 is 14.3 Å². The molecule has 0 aliphatic rings. The van der Waals surface area contributed by atoms with Gasteiger partial charge in [0, 0.05) is 18.1 Å². The summed E-state index contributed by atoms with van der Waals surface area (Å²) in [5.41, 5.74) is 0. The van der Waals surface area contributed by atoms with Crippen molar-refractivity contribution in [2.45, 2.75) is 6.92 Å². The van der Waals surface area contributed by atoms with Crippen LogP contribution in [0.1, 0.15) is 6.92 Å². The lowest BCUT2D eigenvalue weighted by atomic mass is 10.6. The van der Waals surface area contributed by atoms with E-state index >= 15 is 0 Å². The van der Waals surface area contributed by atoms with Crippen molar-refractivity contribution in [2.24, 2.45) is 0 Å². The topological polar surface area (TPSA) is 51.4 Å². The molecule has 3 nitrogen and oxygen atoms in total. The number of carboxylic acid groups (broad SMARTS) is 1. The van der Waals surface area contributed by atoms with Crippen LogP contribution in [0.4, 0.5) is 0 Å². The van der Waals surface area contributed by atoms with Crippen LogP contribution in [0, 0.1) is 0 Å². The molecule has 1 aromatic heterocycles. The Balaban J connectivity index is 0.000000180. The predicted octanol–water partition coefficient (Wildman–Crippen LogP) is 0.317. The number of carboxylic acids is 1. The van der Waals surface area contributed by atoms with Crippen molar-refractivity contribution in [1.82, 2.24) is 0 Å². The van der Waals surface area contributed by atoms with E-state index in [4.69, 9.17) is 9.90 Å². The molecule has 0 aliphatic heterocycles. The molecule has 0 bridgehead atoms. The molecule has 0 unspecified atom stereocenters. The van der Waals surface area contributed by atoms with Crippen LogP contribution in [0.5, 0.6) is 0 Å². The Morgan fingerprint density at radius 3 is 1.80 bits per heavy atom. The molecule has 0 radical (unpaired) electrons. The summed E-state index contributed by atoms with van der Waals surface area (Å²) in [4.78, 5) is 8.89. The lowest BCUT2D eigenvalue weighted by molar-refractivity contribution is -0.302. The van der Waals surface area contributed by atoms with Crippen LogP contribution in [0.15, 0.2) is 35.1 Å². The second kappa shape index (κ2) is 5.75. The van der Waals surface area contributed by atoms with Crippen LogP contribution in [-0.4, -0.2) is 5.97 Å².